The summed E-state index contributed by atoms with van der Waals surface area (Å²) in [6, 6.07) is 29.0. The normalized spacial score (nSPS) is 13.9. The average molecular weight is 715 g/mol. The third-order valence-corrected chi connectivity index (χ3v) is 9.24. The molecule has 0 bridgehead atoms. The summed E-state index contributed by atoms with van der Waals surface area (Å²) in [5, 5.41) is 13.4. The topological polar surface area (TPSA) is 133 Å². The molecule has 1 unspecified atom stereocenters. The Balaban J connectivity index is 0.000000167. The molecule has 272 valence electrons. The van der Waals surface area contributed by atoms with Crippen LogP contribution >= 0.6 is 0 Å². The highest BCUT2D eigenvalue weighted by Gasteiger charge is 2.21. The van der Waals surface area contributed by atoms with Crippen molar-refractivity contribution in [1.29, 1.82) is 0 Å². The molecule has 7 aromatic rings. The van der Waals surface area contributed by atoms with E-state index in [0.29, 0.717) is 0 Å². The van der Waals surface area contributed by atoms with Crippen LogP contribution in [-0.2, 0) is 0 Å². The summed E-state index contributed by atoms with van der Waals surface area (Å²) in [6.45, 7) is 16.4. The van der Waals surface area contributed by atoms with Gasteiger partial charge in [0.15, 0.2) is 0 Å². The van der Waals surface area contributed by atoms with Gasteiger partial charge in [0.1, 0.15) is 11.4 Å². The van der Waals surface area contributed by atoms with Gasteiger partial charge in [-0.3, -0.25) is 19.9 Å². The number of rotatable bonds is 6. The van der Waals surface area contributed by atoms with Crippen LogP contribution in [-0.4, -0.2) is 45.8 Å². The van der Waals surface area contributed by atoms with E-state index >= 15 is 0 Å². The van der Waals surface area contributed by atoms with Gasteiger partial charge in [0, 0.05) is 28.5 Å². The Bertz CT molecular complexity index is 2390. The Kier molecular flexibility index (Phi) is 10.3. The molecule has 3 N–H and O–H groups in total. The fourth-order valence-corrected chi connectivity index (χ4v) is 6.96. The summed E-state index contributed by atoms with van der Waals surface area (Å²) >= 11 is 0. The zero-order chi connectivity index (χ0) is 37.9. The van der Waals surface area contributed by atoms with Crippen LogP contribution < -0.4 is 5.43 Å². The van der Waals surface area contributed by atoms with Crippen LogP contribution in [0, 0.1) is 55.4 Å². The predicted molar refractivity (Wildman–Crippen MR) is 216 cm³/mol. The van der Waals surface area contributed by atoms with E-state index in [1.165, 1.54) is 22.3 Å². The maximum Gasteiger partial charge on any atom is 0.111 e. The average Bonchev–Trinajstić information content (AvgIpc) is 3.82. The molecule has 0 amide bonds. The lowest BCUT2D eigenvalue weighted by atomic mass is 10.0. The van der Waals surface area contributed by atoms with E-state index in [4.69, 9.17) is 0 Å². The number of pyridine rings is 4. The van der Waals surface area contributed by atoms with Gasteiger partial charge >= 0.3 is 0 Å². The number of nitrogens with zero attached hydrogens (tertiary/aromatic N) is 7. The largest absolute Gasteiger partial charge is 0.355 e. The van der Waals surface area contributed by atoms with Crippen molar-refractivity contribution in [1.82, 2.24) is 45.5 Å². The van der Waals surface area contributed by atoms with Gasteiger partial charge in [-0.25, -0.2) is 0 Å². The molecule has 10 heteroatoms. The highest BCUT2D eigenvalue weighted by Crippen LogP contribution is 2.27. The molecule has 10 nitrogen and oxygen atoms in total. The minimum Gasteiger partial charge on any atom is -0.355 e. The van der Waals surface area contributed by atoms with Crippen LogP contribution in [0.3, 0.4) is 0 Å². The van der Waals surface area contributed by atoms with Crippen LogP contribution in [0.5, 0.6) is 0 Å². The lowest BCUT2D eigenvalue weighted by Crippen LogP contribution is -2.25. The summed E-state index contributed by atoms with van der Waals surface area (Å²) in [5.74, 6) is 0. The molecule has 1 aliphatic heterocycles. The number of nitrogens with one attached hydrogen (secondary N) is 3. The highest BCUT2D eigenvalue weighted by molar-refractivity contribution is 5.99. The van der Waals surface area contributed by atoms with E-state index in [2.05, 4.69) is 127 Å². The van der Waals surface area contributed by atoms with Gasteiger partial charge in [0.05, 0.1) is 51.6 Å². The quantitative estimate of drug-likeness (QED) is 0.156. The number of H-pyrrole nitrogens is 2. The maximum atomic E-state index is 4.64. The highest BCUT2D eigenvalue weighted by atomic mass is 15.3. The number of hydrogen-bond donors (Lipinski definition) is 3. The van der Waals surface area contributed by atoms with Gasteiger partial charge in [-0.15, -0.1) is 10.2 Å². The van der Waals surface area contributed by atoms with Crippen molar-refractivity contribution < 1.29 is 0 Å². The SMILES string of the molecule is Cc1cc(C)nc(-c2ccc(-c3ccc(-c4cc(C)cc(C)n4)[nH]3)nn2)c1.Cc1cc(C)nc(C2=NNC(c3ccc(-c4cc(C)cc(C)n4)[nH]3)CC2)c1. The van der Waals surface area contributed by atoms with E-state index in [1.807, 2.05) is 64.1 Å². The Morgan fingerprint density at radius 1 is 0.444 bits per heavy atom. The van der Waals surface area contributed by atoms with Gasteiger partial charge in [-0.2, -0.15) is 5.10 Å². The van der Waals surface area contributed by atoms with Gasteiger partial charge in [0.2, 0.25) is 0 Å². The zero-order valence-corrected chi connectivity index (χ0v) is 32.2. The number of hydrogen-bond acceptors (Lipinski definition) is 8. The molecular formula is C44H46N10. The molecule has 0 saturated carbocycles. The monoisotopic (exact) mass is 714 g/mol. The summed E-state index contributed by atoms with van der Waals surface area (Å²) in [5.41, 5.74) is 22.6. The zero-order valence-electron chi connectivity index (χ0n) is 32.2. The van der Waals surface area contributed by atoms with E-state index in [9.17, 15) is 0 Å². The second-order valence-corrected chi connectivity index (χ2v) is 14.4. The maximum absolute atomic E-state index is 4.64. The first-order chi connectivity index (χ1) is 25.9. The van der Waals surface area contributed by atoms with Crippen molar-refractivity contribution >= 4 is 5.71 Å². The van der Waals surface area contributed by atoms with E-state index in [1.54, 1.807) is 0 Å². The van der Waals surface area contributed by atoms with E-state index < -0.39 is 0 Å². The lowest BCUT2D eigenvalue weighted by Gasteiger charge is -2.22. The van der Waals surface area contributed by atoms with E-state index in [-0.39, 0.29) is 6.04 Å². The fourth-order valence-electron chi connectivity index (χ4n) is 6.96. The number of aromatic nitrogens is 8. The standard InChI is InChI=1S/C22H25N5.C22H21N5/c2*1-13-9-15(3)23-21(11-13)18-6-5-17(25-18)19-7-8-20(27-26-19)22-12-14(2)10-16(4)24-22/h5-6,9-12,19,25-26H,7-8H2,1-4H3;5-12,25H,1-4H3. The van der Waals surface area contributed by atoms with Crippen LogP contribution in [0.25, 0.3) is 45.6 Å². The van der Waals surface area contributed by atoms with Gasteiger partial charge in [-0.05, 0) is 175 Å². The van der Waals surface area contributed by atoms with Crippen LogP contribution in [0.15, 0.2) is 90.0 Å². The van der Waals surface area contributed by atoms with Crippen molar-refractivity contribution in [2.45, 2.75) is 74.3 Å². The van der Waals surface area contributed by atoms with E-state index in [0.717, 1.165) is 98.3 Å². The molecule has 7 aromatic heterocycles. The van der Waals surface area contributed by atoms with Gasteiger partial charge in [-0.1, -0.05) is 0 Å². The molecule has 0 aliphatic carbocycles. The first-order valence-electron chi connectivity index (χ1n) is 18.3. The van der Waals surface area contributed by atoms with Crippen molar-refractivity contribution in [2.75, 3.05) is 0 Å². The van der Waals surface area contributed by atoms with Crippen molar-refractivity contribution in [3.05, 3.63) is 141 Å². The summed E-state index contributed by atoms with van der Waals surface area (Å²) < 4.78 is 0. The Morgan fingerprint density at radius 2 is 0.889 bits per heavy atom. The van der Waals surface area contributed by atoms with Crippen LogP contribution in [0.2, 0.25) is 0 Å². The Morgan fingerprint density at radius 3 is 1.41 bits per heavy atom. The second-order valence-electron chi connectivity index (χ2n) is 14.4. The number of aromatic amines is 2. The van der Waals surface area contributed by atoms with Crippen molar-refractivity contribution in [3.8, 4) is 45.6 Å². The van der Waals surface area contributed by atoms with Crippen LogP contribution in [0.1, 0.15) is 75.3 Å². The lowest BCUT2D eigenvalue weighted by molar-refractivity contribution is 0.495. The first kappa shape index (κ1) is 36.1. The molecule has 0 spiro atoms. The van der Waals surface area contributed by atoms with Crippen molar-refractivity contribution in [3.63, 3.8) is 0 Å². The molecule has 8 heterocycles. The summed E-state index contributed by atoms with van der Waals surface area (Å²) in [7, 11) is 0. The minimum absolute atomic E-state index is 0.180. The molecule has 1 atom stereocenters. The van der Waals surface area contributed by atoms with Crippen molar-refractivity contribution in [2.24, 2.45) is 5.10 Å². The molecule has 0 radical (unpaired) electrons. The minimum atomic E-state index is 0.180. The third kappa shape index (κ3) is 8.50. The third-order valence-electron chi connectivity index (χ3n) is 9.24. The molecule has 8 rings (SSSR count). The number of aryl methyl sites for hydroxylation is 8. The molecule has 0 fully saturated rings. The smallest absolute Gasteiger partial charge is 0.111 e. The van der Waals surface area contributed by atoms with Gasteiger partial charge in [0.25, 0.3) is 0 Å². The first-order valence-corrected chi connectivity index (χ1v) is 18.3. The molecular weight excluding hydrogens is 669 g/mol. The molecule has 0 saturated heterocycles. The second kappa shape index (κ2) is 15.4. The molecule has 0 aromatic carbocycles. The summed E-state index contributed by atoms with van der Waals surface area (Å²) in [4.78, 5) is 25.3. The predicted octanol–water partition coefficient (Wildman–Crippen LogP) is 9.36. The molecule has 54 heavy (non-hydrogen) atoms. The Hall–Kier alpha value is -6.29. The Labute approximate surface area is 316 Å². The number of hydrazone groups is 1. The fraction of sp³-hybridized carbons (Fsp3) is 0.250. The summed E-state index contributed by atoms with van der Waals surface area (Å²) in [6.07, 6.45) is 1.89. The molecule has 1 aliphatic rings. The van der Waals surface area contributed by atoms with Gasteiger partial charge < -0.3 is 15.4 Å². The van der Waals surface area contributed by atoms with Crippen LogP contribution in [0.4, 0.5) is 0 Å².